The van der Waals surface area contributed by atoms with Crippen molar-refractivity contribution in [2.45, 2.75) is 20.4 Å². The molecule has 6 nitrogen and oxygen atoms in total. The second-order valence-electron chi connectivity index (χ2n) is 5.70. The van der Waals surface area contributed by atoms with E-state index in [2.05, 4.69) is 31.4 Å². The molecule has 0 saturated carbocycles. The Bertz CT molecular complexity index is 877. The summed E-state index contributed by atoms with van der Waals surface area (Å²) in [6, 6.07) is 9.82. The normalized spacial score (nSPS) is 10.8. The van der Waals surface area contributed by atoms with E-state index in [0.29, 0.717) is 16.7 Å². The van der Waals surface area contributed by atoms with E-state index in [0.717, 1.165) is 22.6 Å². The fraction of sp³-hybridized carbons (Fsp3) is 0.235. The monoisotopic (exact) mass is 387 g/mol. The number of carbonyl (C=O) groups is 1. The number of aryl methyl sites for hydroxylation is 3. The van der Waals surface area contributed by atoms with Crippen LogP contribution in [0, 0.1) is 13.8 Å². The summed E-state index contributed by atoms with van der Waals surface area (Å²) in [6.07, 6.45) is 1.61. The van der Waals surface area contributed by atoms with Crippen molar-refractivity contribution in [2.75, 3.05) is 5.32 Å². The van der Waals surface area contributed by atoms with Crippen molar-refractivity contribution in [3.63, 3.8) is 0 Å². The molecule has 0 unspecified atom stereocenters. The van der Waals surface area contributed by atoms with Gasteiger partial charge in [-0.3, -0.25) is 14.2 Å². The maximum Gasteiger partial charge on any atom is 0.275 e. The number of nitrogens with one attached hydrogen (secondary N) is 1. The Morgan fingerprint density at radius 3 is 2.71 bits per heavy atom. The molecule has 0 saturated heterocycles. The molecule has 0 aliphatic heterocycles. The summed E-state index contributed by atoms with van der Waals surface area (Å²) in [5, 5.41) is 11.4. The van der Waals surface area contributed by atoms with Gasteiger partial charge < -0.3 is 5.32 Å². The maximum absolute atomic E-state index is 12.4. The van der Waals surface area contributed by atoms with E-state index >= 15 is 0 Å². The van der Waals surface area contributed by atoms with Gasteiger partial charge in [0.1, 0.15) is 5.69 Å². The van der Waals surface area contributed by atoms with Crippen LogP contribution in [-0.2, 0) is 13.6 Å². The Morgan fingerprint density at radius 1 is 1.29 bits per heavy atom. The molecule has 3 aromatic rings. The largest absolute Gasteiger partial charge is 0.321 e. The Morgan fingerprint density at radius 2 is 2.08 bits per heavy atom. The molecule has 1 amide bonds. The predicted octanol–water partition coefficient (Wildman–Crippen LogP) is 3.30. The highest BCUT2D eigenvalue weighted by atomic mass is 79.9. The zero-order valence-corrected chi connectivity index (χ0v) is 15.3. The van der Waals surface area contributed by atoms with Gasteiger partial charge in [-0.15, -0.1) is 0 Å². The summed E-state index contributed by atoms with van der Waals surface area (Å²) in [6.45, 7) is 4.68. The van der Waals surface area contributed by atoms with Crippen molar-refractivity contribution in [1.29, 1.82) is 0 Å². The molecule has 0 radical (unpaired) electrons. The van der Waals surface area contributed by atoms with E-state index in [1.54, 1.807) is 17.9 Å². The van der Waals surface area contributed by atoms with Crippen LogP contribution in [0.1, 0.15) is 27.4 Å². The van der Waals surface area contributed by atoms with E-state index in [1.165, 1.54) is 0 Å². The molecule has 0 fully saturated rings. The van der Waals surface area contributed by atoms with Gasteiger partial charge in [-0.2, -0.15) is 10.2 Å². The van der Waals surface area contributed by atoms with Gasteiger partial charge in [0.25, 0.3) is 5.91 Å². The number of benzene rings is 1. The van der Waals surface area contributed by atoms with Crippen molar-refractivity contribution in [3.8, 4) is 0 Å². The van der Waals surface area contributed by atoms with Crippen molar-refractivity contribution in [3.05, 3.63) is 63.6 Å². The van der Waals surface area contributed by atoms with E-state index < -0.39 is 0 Å². The molecule has 0 spiro atoms. The lowest BCUT2D eigenvalue weighted by molar-refractivity contribution is 0.101. The minimum Gasteiger partial charge on any atom is -0.321 e. The van der Waals surface area contributed by atoms with E-state index in [-0.39, 0.29) is 5.91 Å². The first-order valence-corrected chi connectivity index (χ1v) is 8.32. The minimum atomic E-state index is -0.204. The van der Waals surface area contributed by atoms with Crippen molar-refractivity contribution in [2.24, 2.45) is 7.05 Å². The molecule has 2 aromatic heterocycles. The standard InChI is InChI=1S/C17H18BrN5O/c1-11-7-12(2)23(21-11)10-13-5-4-6-14(8-13)20-17(24)16-15(18)9-19-22(16)3/h4-9H,10H2,1-3H3,(H,20,24). The predicted molar refractivity (Wildman–Crippen MR) is 96.1 cm³/mol. The Labute approximate surface area is 148 Å². The molecule has 3 rings (SSSR count). The fourth-order valence-electron chi connectivity index (χ4n) is 2.61. The van der Waals surface area contributed by atoms with E-state index in [9.17, 15) is 4.79 Å². The first kappa shape index (κ1) is 16.4. The van der Waals surface area contributed by atoms with Crippen LogP contribution in [0.5, 0.6) is 0 Å². The Hall–Kier alpha value is -2.41. The van der Waals surface area contributed by atoms with Crippen LogP contribution in [-0.4, -0.2) is 25.5 Å². The van der Waals surface area contributed by atoms with Gasteiger partial charge in [0, 0.05) is 18.4 Å². The zero-order valence-electron chi connectivity index (χ0n) is 13.7. The van der Waals surface area contributed by atoms with Gasteiger partial charge >= 0.3 is 0 Å². The van der Waals surface area contributed by atoms with Crippen LogP contribution < -0.4 is 5.32 Å². The number of rotatable bonds is 4. The number of hydrogen-bond donors (Lipinski definition) is 1. The van der Waals surface area contributed by atoms with Gasteiger partial charge in [-0.1, -0.05) is 12.1 Å². The quantitative estimate of drug-likeness (QED) is 0.746. The number of carbonyl (C=O) groups excluding carboxylic acids is 1. The van der Waals surface area contributed by atoms with Crippen molar-refractivity contribution < 1.29 is 4.79 Å². The van der Waals surface area contributed by atoms with Gasteiger partial charge in [-0.25, -0.2) is 0 Å². The molecule has 0 aliphatic carbocycles. The smallest absolute Gasteiger partial charge is 0.275 e. The third-order valence-electron chi connectivity index (χ3n) is 3.73. The summed E-state index contributed by atoms with van der Waals surface area (Å²) in [7, 11) is 1.74. The van der Waals surface area contributed by atoms with E-state index in [1.807, 2.05) is 48.9 Å². The highest BCUT2D eigenvalue weighted by molar-refractivity contribution is 9.10. The van der Waals surface area contributed by atoms with Crippen LogP contribution in [0.2, 0.25) is 0 Å². The number of amides is 1. The lowest BCUT2D eigenvalue weighted by Crippen LogP contribution is -2.17. The molecule has 124 valence electrons. The van der Waals surface area contributed by atoms with Crippen LogP contribution in [0.4, 0.5) is 5.69 Å². The van der Waals surface area contributed by atoms with E-state index in [4.69, 9.17) is 0 Å². The summed E-state index contributed by atoms with van der Waals surface area (Å²) >= 11 is 3.34. The molecule has 1 aromatic carbocycles. The first-order valence-electron chi connectivity index (χ1n) is 7.53. The van der Waals surface area contributed by atoms with Crippen LogP contribution >= 0.6 is 15.9 Å². The lowest BCUT2D eigenvalue weighted by Gasteiger charge is -2.09. The minimum absolute atomic E-state index is 0.204. The number of halogens is 1. The topological polar surface area (TPSA) is 64.7 Å². The lowest BCUT2D eigenvalue weighted by atomic mass is 10.2. The van der Waals surface area contributed by atoms with Crippen molar-refractivity contribution >= 4 is 27.5 Å². The summed E-state index contributed by atoms with van der Waals surface area (Å²) in [5.41, 5.74) is 4.41. The number of hydrogen-bond acceptors (Lipinski definition) is 3. The van der Waals surface area contributed by atoms with Crippen molar-refractivity contribution in [1.82, 2.24) is 19.6 Å². The molecular weight excluding hydrogens is 370 g/mol. The van der Waals surface area contributed by atoms with Gasteiger partial charge in [0.15, 0.2) is 0 Å². The van der Waals surface area contributed by atoms with Crippen LogP contribution in [0.3, 0.4) is 0 Å². The summed E-state index contributed by atoms with van der Waals surface area (Å²) in [5.74, 6) is -0.204. The third kappa shape index (κ3) is 3.41. The van der Waals surface area contributed by atoms with Crippen LogP contribution in [0.15, 0.2) is 41.0 Å². The molecular formula is C17H18BrN5O. The maximum atomic E-state index is 12.4. The second-order valence-corrected chi connectivity index (χ2v) is 6.56. The number of nitrogens with zero attached hydrogens (tertiary/aromatic N) is 4. The molecule has 0 aliphatic rings. The molecule has 7 heteroatoms. The van der Waals surface area contributed by atoms with Crippen LogP contribution in [0.25, 0.3) is 0 Å². The Kier molecular flexibility index (Phi) is 4.53. The second kappa shape index (κ2) is 6.60. The zero-order chi connectivity index (χ0) is 17.3. The average molecular weight is 388 g/mol. The fourth-order valence-corrected chi connectivity index (χ4v) is 3.14. The molecule has 24 heavy (non-hydrogen) atoms. The average Bonchev–Trinajstić information content (AvgIpc) is 3.01. The summed E-state index contributed by atoms with van der Waals surface area (Å²) < 4.78 is 4.16. The summed E-state index contributed by atoms with van der Waals surface area (Å²) in [4.78, 5) is 12.4. The van der Waals surface area contributed by atoms with Gasteiger partial charge in [0.05, 0.1) is 22.9 Å². The van der Waals surface area contributed by atoms with Gasteiger partial charge in [0.2, 0.25) is 0 Å². The first-order chi connectivity index (χ1) is 11.4. The number of aromatic nitrogens is 4. The highest BCUT2D eigenvalue weighted by Gasteiger charge is 2.15. The number of anilines is 1. The molecule has 0 atom stereocenters. The highest BCUT2D eigenvalue weighted by Crippen LogP contribution is 2.18. The molecule has 2 heterocycles. The third-order valence-corrected chi connectivity index (χ3v) is 4.31. The molecule has 1 N–H and O–H groups in total. The SMILES string of the molecule is Cc1cc(C)n(Cc2cccc(NC(=O)c3c(Br)cnn3C)c2)n1. The van der Waals surface area contributed by atoms with Gasteiger partial charge in [-0.05, 0) is 53.5 Å². The molecule has 0 bridgehead atoms. The Balaban J connectivity index is 1.78.